The summed E-state index contributed by atoms with van der Waals surface area (Å²) in [5.74, 6) is -0.684. The third-order valence-electron chi connectivity index (χ3n) is 4.48. The fraction of sp³-hybridized carbons (Fsp3) is 0.200. The van der Waals surface area contributed by atoms with Crippen LogP contribution in [0, 0.1) is 0 Å². The van der Waals surface area contributed by atoms with Crippen molar-refractivity contribution in [3.05, 3.63) is 59.8 Å². The van der Waals surface area contributed by atoms with Gasteiger partial charge >= 0.3 is 12.0 Å². The van der Waals surface area contributed by atoms with Crippen LogP contribution in [0.25, 0.3) is 10.9 Å². The lowest BCUT2D eigenvalue weighted by Gasteiger charge is -2.11. The van der Waals surface area contributed by atoms with Crippen LogP contribution < -0.4 is 0 Å². The van der Waals surface area contributed by atoms with E-state index in [4.69, 9.17) is 4.74 Å². The van der Waals surface area contributed by atoms with E-state index in [9.17, 15) is 18.0 Å². The fourth-order valence-corrected chi connectivity index (χ4v) is 5.49. The highest BCUT2D eigenvalue weighted by Crippen LogP contribution is 2.34. The van der Waals surface area contributed by atoms with E-state index in [1.54, 1.807) is 44.4 Å². The van der Waals surface area contributed by atoms with Gasteiger partial charge in [0.05, 0.1) is 28.0 Å². The second-order valence-electron chi connectivity index (χ2n) is 6.48. The Morgan fingerprint density at radius 2 is 1.76 bits per heavy atom. The highest BCUT2D eigenvalue weighted by Gasteiger charge is 2.30. The molecule has 0 saturated heterocycles. The molecule has 0 unspecified atom stereocenters. The first kappa shape index (κ1) is 21.1. The number of benzene rings is 2. The number of hydrogen-bond donors (Lipinski definition) is 0. The number of hydrogen-bond acceptors (Lipinski definition) is 5. The molecular weight excluding hydrogens is 460 g/mol. The number of nitrogens with zero attached hydrogens (tertiary/aromatic N) is 2. The minimum atomic E-state index is -4.04. The Hall–Kier alpha value is -2.65. The number of carbonyl (C=O) groups excluding carboxylic acids is 2. The number of sulfone groups is 1. The average molecular weight is 479 g/mol. The molecule has 0 aliphatic rings. The average Bonchev–Trinajstić information content (AvgIpc) is 3.12. The number of alkyl halides is 1. The number of fused-ring (bicyclic) bond motifs is 1. The first-order chi connectivity index (χ1) is 13.7. The summed E-state index contributed by atoms with van der Waals surface area (Å²) in [6, 6.07) is 10.8. The van der Waals surface area contributed by atoms with Crippen LogP contribution in [-0.4, -0.2) is 51.1 Å². The van der Waals surface area contributed by atoms with Crippen molar-refractivity contribution in [2.45, 2.75) is 15.1 Å². The highest BCUT2D eigenvalue weighted by atomic mass is 79.9. The molecule has 0 spiro atoms. The van der Waals surface area contributed by atoms with Gasteiger partial charge in [0.1, 0.15) is 0 Å². The Balaban J connectivity index is 2.43. The first-order valence-corrected chi connectivity index (χ1v) is 11.2. The molecule has 3 rings (SSSR count). The molecule has 1 aromatic heterocycles. The zero-order valence-electron chi connectivity index (χ0n) is 16.0. The molecule has 29 heavy (non-hydrogen) atoms. The van der Waals surface area contributed by atoms with E-state index in [0.29, 0.717) is 16.4 Å². The Bertz CT molecular complexity index is 1210. The molecule has 7 nitrogen and oxygen atoms in total. The van der Waals surface area contributed by atoms with Gasteiger partial charge in [-0.1, -0.05) is 40.2 Å². The van der Waals surface area contributed by atoms with Crippen molar-refractivity contribution in [3.8, 4) is 0 Å². The third-order valence-corrected chi connectivity index (χ3v) is 6.95. The summed E-state index contributed by atoms with van der Waals surface area (Å²) in [5, 5.41) is 0.487. The van der Waals surface area contributed by atoms with Crippen LogP contribution in [0.15, 0.2) is 58.5 Å². The maximum Gasteiger partial charge on any atom is 0.338 e. The van der Waals surface area contributed by atoms with Crippen LogP contribution in [0.1, 0.15) is 15.9 Å². The normalized spacial score (nSPS) is 11.4. The van der Waals surface area contributed by atoms with Crippen molar-refractivity contribution in [2.75, 3.05) is 21.2 Å². The van der Waals surface area contributed by atoms with Crippen LogP contribution in [0.5, 0.6) is 0 Å². The van der Waals surface area contributed by atoms with Gasteiger partial charge in [-0.25, -0.2) is 18.0 Å². The molecule has 1 heterocycles. The monoisotopic (exact) mass is 478 g/mol. The summed E-state index contributed by atoms with van der Waals surface area (Å²) >= 11 is 3.31. The van der Waals surface area contributed by atoms with Gasteiger partial charge in [-0.3, -0.25) is 4.57 Å². The zero-order valence-corrected chi connectivity index (χ0v) is 18.5. The van der Waals surface area contributed by atoms with Crippen molar-refractivity contribution in [1.82, 2.24) is 9.47 Å². The van der Waals surface area contributed by atoms with Gasteiger partial charge in [0.15, 0.2) is 0 Å². The molecule has 0 fully saturated rings. The summed E-state index contributed by atoms with van der Waals surface area (Å²) in [5.41, 5.74) is 0.953. The molecule has 1 amide bonds. The van der Waals surface area contributed by atoms with Crippen molar-refractivity contribution >= 4 is 48.7 Å². The largest absolute Gasteiger partial charge is 0.465 e. The predicted molar refractivity (Wildman–Crippen MR) is 112 cm³/mol. The van der Waals surface area contributed by atoms with Crippen LogP contribution in [0.3, 0.4) is 0 Å². The molecular formula is C20H19BrN2O5S. The number of methoxy groups -OCH3 is 1. The van der Waals surface area contributed by atoms with E-state index in [-0.39, 0.29) is 20.7 Å². The van der Waals surface area contributed by atoms with E-state index in [1.807, 2.05) is 0 Å². The molecule has 0 aliphatic carbocycles. The van der Waals surface area contributed by atoms with Gasteiger partial charge in [0, 0.05) is 31.0 Å². The molecule has 2 aromatic carbocycles. The van der Waals surface area contributed by atoms with E-state index in [0.717, 1.165) is 0 Å². The number of ether oxygens (including phenoxy) is 1. The van der Waals surface area contributed by atoms with Crippen molar-refractivity contribution < 1.29 is 22.7 Å². The van der Waals surface area contributed by atoms with Gasteiger partial charge in [0.25, 0.3) is 0 Å². The van der Waals surface area contributed by atoms with Crippen molar-refractivity contribution in [1.29, 1.82) is 0 Å². The molecule has 3 aromatic rings. The van der Waals surface area contributed by atoms with Crippen LogP contribution >= 0.6 is 15.9 Å². The van der Waals surface area contributed by atoms with Gasteiger partial charge in [-0.05, 0) is 23.8 Å². The standard InChI is InChI=1S/C20H19BrN2O5S/c1-22(2)20(25)23-12-17(18-14(19(24)28-3)8-6-9-15(18)23)29(26,27)16-10-5-4-7-13(16)11-21/h4-10,12H,11H2,1-3H3. The van der Waals surface area contributed by atoms with Crippen molar-refractivity contribution in [2.24, 2.45) is 0 Å². The molecule has 0 radical (unpaired) electrons. The molecule has 0 aliphatic heterocycles. The second-order valence-corrected chi connectivity index (χ2v) is 8.92. The molecule has 0 atom stereocenters. The lowest BCUT2D eigenvalue weighted by atomic mass is 10.1. The Morgan fingerprint density at radius 1 is 1.07 bits per heavy atom. The Labute approximate surface area is 176 Å². The van der Waals surface area contributed by atoms with Gasteiger partial charge < -0.3 is 9.64 Å². The number of amides is 1. The van der Waals surface area contributed by atoms with E-state index in [2.05, 4.69) is 15.9 Å². The number of esters is 1. The van der Waals surface area contributed by atoms with Crippen LogP contribution in [-0.2, 0) is 19.9 Å². The van der Waals surface area contributed by atoms with Gasteiger partial charge in [-0.2, -0.15) is 0 Å². The van der Waals surface area contributed by atoms with E-state index in [1.165, 1.54) is 34.9 Å². The van der Waals surface area contributed by atoms with Gasteiger partial charge in [0.2, 0.25) is 9.84 Å². The highest BCUT2D eigenvalue weighted by molar-refractivity contribution is 9.08. The minimum absolute atomic E-state index is 0.0743. The SMILES string of the molecule is COC(=O)c1cccc2c1c(S(=O)(=O)c1ccccc1CBr)cn2C(=O)N(C)C. The number of aromatic nitrogens is 1. The van der Waals surface area contributed by atoms with E-state index >= 15 is 0 Å². The number of halogens is 1. The molecule has 9 heteroatoms. The quantitative estimate of drug-likeness (QED) is 0.421. The number of rotatable bonds is 4. The zero-order chi connectivity index (χ0) is 21.3. The topological polar surface area (TPSA) is 85.7 Å². The Kier molecular flexibility index (Phi) is 5.81. The Morgan fingerprint density at radius 3 is 2.38 bits per heavy atom. The maximum atomic E-state index is 13.6. The molecule has 152 valence electrons. The maximum absolute atomic E-state index is 13.6. The summed E-state index contributed by atoms with van der Waals surface area (Å²) in [6.45, 7) is 0. The summed E-state index contributed by atoms with van der Waals surface area (Å²) in [6.07, 6.45) is 1.26. The summed E-state index contributed by atoms with van der Waals surface area (Å²) in [4.78, 5) is 26.3. The summed E-state index contributed by atoms with van der Waals surface area (Å²) < 4.78 is 33.2. The molecule has 0 N–H and O–H groups in total. The number of carbonyl (C=O) groups is 2. The van der Waals surface area contributed by atoms with Crippen molar-refractivity contribution in [3.63, 3.8) is 0 Å². The second kappa shape index (κ2) is 8.00. The molecule has 0 bridgehead atoms. The summed E-state index contributed by atoms with van der Waals surface area (Å²) in [7, 11) is 0.304. The fourth-order valence-electron chi connectivity index (χ4n) is 3.10. The van der Waals surface area contributed by atoms with Crippen LogP contribution in [0.2, 0.25) is 0 Å². The van der Waals surface area contributed by atoms with Crippen LogP contribution in [0.4, 0.5) is 4.79 Å². The molecule has 0 saturated carbocycles. The minimum Gasteiger partial charge on any atom is -0.465 e. The first-order valence-electron chi connectivity index (χ1n) is 8.57. The van der Waals surface area contributed by atoms with Gasteiger partial charge in [-0.15, -0.1) is 0 Å². The lowest BCUT2D eigenvalue weighted by Crippen LogP contribution is -2.26. The third kappa shape index (κ3) is 3.56. The smallest absolute Gasteiger partial charge is 0.338 e. The predicted octanol–water partition coefficient (Wildman–Crippen LogP) is 3.69. The van der Waals surface area contributed by atoms with E-state index < -0.39 is 21.8 Å². The lowest BCUT2D eigenvalue weighted by molar-refractivity contribution is 0.0603.